The smallest absolute Gasteiger partial charge is 0.0641 e. The second kappa shape index (κ2) is 5.41. The van der Waals surface area contributed by atoms with E-state index in [4.69, 9.17) is 4.74 Å². The maximum atomic E-state index is 5.73. The molecule has 1 saturated heterocycles. The molecule has 1 aromatic heterocycles. The van der Waals surface area contributed by atoms with E-state index in [1.165, 1.54) is 5.56 Å². The number of nitrogens with one attached hydrogen (secondary N) is 1. The summed E-state index contributed by atoms with van der Waals surface area (Å²) in [6.45, 7) is 10.4. The Balaban J connectivity index is 1.83. The van der Waals surface area contributed by atoms with Crippen molar-refractivity contribution < 1.29 is 4.74 Å². The van der Waals surface area contributed by atoms with Gasteiger partial charge in [-0.2, -0.15) is 5.10 Å². The molecule has 0 bridgehead atoms. The Bertz CT molecular complexity index is 384. The minimum atomic E-state index is 0.0119. The first-order valence-corrected chi connectivity index (χ1v) is 6.87. The molecule has 1 aromatic rings. The van der Waals surface area contributed by atoms with E-state index >= 15 is 0 Å². The summed E-state index contributed by atoms with van der Waals surface area (Å²) in [7, 11) is 0. The standard InChI is InChI=1S/C14H25N3O/c1-11(2)17-10-12(9-16-17)8-15-13-5-6-18-14(3,4)7-13/h9-11,13,15H,5-8H2,1-4H3. The van der Waals surface area contributed by atoms with Gasteiger partial charge in [0.25, 0.3) is 0 Å². The fourth-order valence-electron chi connectivity index (χ4n) is 2.42. The molecule has 0 saturated carbocycles. The van der Waals surface area contributed by atoms with Crippen LogP contribution in [0, 0.1) is 0 Å². The third-order valence-electron chi connectivity index (χ3n) is 3.48. The molecule has 4 nitrogen and oxygen atoms in total. The van der Waals surface area contributed by atoms with Gasteiger partial charge >= 0.3 is 0 Å². The highest BCUT2D eigenvalue weighted by molar-refractivity contribution is 5.04. The first-order chi connectivity index (χ1) is 8.46. The van der Waals surface area contributed by atoms with E-state index in [2.05, 4.69) is 44.3 Å². The van der Waals surface area contributed by atoms with Crippen LogP contribution in [0.4, 0.5) is 0 Å². The van der Waals surface area contributed by atoms with Crippen molar-refractivity contribution in [3.05, 3.63) is 18.0 Å². The molecule has 0 amide bonds. The summed E-state index contributed by atoms with van der Waals surface area (Å²) < 4.78 is 7.73. The zero-order valence-electron chi connectivity index (χ0n) is 11.9. The monoisotopic (exact) mass is 251 g/mol. The normalized spacial score (nSPS) is 23.5. The Labute approximate surface area is 110 Å². The topological polar surface area (TPSA) is 39.1 Å². The minimum absolute atomic E-state index is 0.0119. The van der Waals surface area contributed by atoms with Gasteiger partial charge in [0.1, 0.15) is 0 Å². The summed E-state index contributed by atoms with van der Waals surface area (Å²) in [5, 5.41) is 7.97. The fraction of sp³-hybridized carbons (Fsp3) is 0.786. The van der Waals surface area contributed by atoms with Crippen LogP contribution < -0.4 is 5.32 Å². The molecular formula is C14H25N3O. The van der Waals surface area contributed by atoms with Gasteiger partial charge in [-0.3, -0.25) is 4.68 Å². The summed E-state index contributed by atoms with van der Waals surface area (Å²) >= 11 is 0. The van der Waals surface area contributed by atoms with Crippen LogP contribution >= 0.6 is 0 Å². The van der Waals surface area contributed by atoms with Gasteiger partial charge in [-0.05, 0) is 40.5 Å². The van der Waals surface area contributed by atoms with Crippen LogP contribution in [0.1, 0.15) is 52.1 Å². The summed E-state index contributed by atoms with van der Waals surface area (Å²) in [4.78, 5) is 0. The van der Waals surface area contributed by atoms with Gasteiger partial charge in [-0.25, -0.2) is 0 Å². The molecule has 2 rings (SSSR count). The Kier molecular flexibility index (Phi) is 4.07. The van der Waals surface area contributed by atoms with Crippen molar-refractivity contribution in [2.45, 2.75) is 64.8 Å². The summed E-state index contributed by atoms with van der Waals surface area (Å²) in [5.41, 5.74) is 1.27. The van der Waals surface area contributed by atoms with E-state index in [0.717, 1.165) is 26.0 Å². The van der Waals surface area contributed by atoms with E-state index in [1.54, 1.807) is 0 Å². The summed E-state index contributed by atoms with van der Waals surface area (Å²) in [5.74, 6) is 0. The van der Waals surface area contributed by atoms with Gasteiger partial charge < -0.3 is 10.1 Å². The van der Waals surface area contributed by atoms with Gasteiger partial charge in [-0.1, -0.05) is 0 Å². The van der Waals surface area contributed by atoms with Gasteiger partial charge in [-0.15, -0.1) is 0 Å². The van der Waals surface area contributed by atoms with Crippen molar-refractivity contribution in [3.63, 3.8) is 0 Å². The molecule has 1 aliphatic rings. The van der Waals surface area contributed by atoms with Gasteiger partial charge in [0.2, 0.25) is 0 Å². The summed E-state index contributed by atoms with van der Waals surface area (Å²) in [6.07, 6.45) is 6.26. The molecule has 1 aliphatic heterocycles. The minimum Gasteiger partial charge on any atom is -0.375 e. The predicted molar refractivity (Wildman–Crippen MR) is 72.5 cm³/mol. The van der Waals surface area contributed by atoms with Crippen LogP contribution in [0.25, 0.3) is 0 Å². The van der Waals surface area contributed by atoms with Crippen molar-refractivity contribution in [2.24, 2.45) is 0 Å². The number of hydrogen-bond acceptors (Lipinski definition) is 3. The highest BCUT2D eigenvalue weighted by Crippen LogP contribution is 2.24. The van der Waals surface area contributed by atoms with Gasteiger partial charge in [0.15, 0.2) is 0 Å². The average molecular weight is 251 g/mol. The zero-order valence-corrected chi connectivity index (χ0v) is 11.9. The molecule has 1 fully saturated rings. The second-order valence-electron chi connectivity index (χ2n) is 6.10. The SMILES string of the molecule is CC(C)n1cc(CNC2CCOC(C)(C)C2)cn1. The van der Waals surface area contributed by atoms with Crippen molar-refractivity contribution in [1.82, 2.24) is 15.1 Å². The maximum absolute atomic E-state index is 5.73. The summed E-state index contributed by atoms with van der Waals surface area (Å²) in [6, 6.07) is 0.983. The predicted octanol–water partition coefficient (Wildman–Crippen LogP) is 2.51. The number of rotatable bonds is 4. The number of hydrogen-bond donors (Lipinski definition) is 1. The van der Waals surface area contributed by atoms with Crippen LogP contribution in [0.3, 0.4) is 0 Å². The molecule has 0 aromatic carbocycles. The molecule has 0 radical (unpaired) electrons. The molecule has 1 N–H and O–H groups in total. The van der Waals surface area contributed by atoms with Crippen LogP contribution in [0.5, 0.6) is 0 Å². The quantitative estimate of drug-likeness (QED) is 0.893. The van der Waals surface area contributed by atoms with E-state index < -0.39 is 0 Å². The fourth-order valence-corrected chi connectivity index (χ4v) is 2.42. The highest BCUT2D eigenvalue weighted by atomic mass is 16.5. The first kappa shape index (κ1) is 13.6. The maximum Gasteiger partial charge on any atom is 0.0641 e. The van der Waals surface area contributed by atoms with Crippen molar-refractivity contribution >= 4 is 0 Å². The molecular weight excluding hydrogens is 226 g/mol. The van der Waals surface area contributed by atoms with Crippen LogP contribution in [-0.4, -0.2) is 28.0 Å². The molecule has 1 unspecified atom stereocenters. The molecule has 1 atom stereocenters. The average Bonchev–Trinajstić information content (AvgIpc) is 2.74. The highest BCUT2D eigenvalue weighted by Gasteiger charge is 2.28. The molecule has 0 spiro atoms. The lowest BCUT2D eigenvalue weighted by Gasteiger charge is -2.35. The van der Waals surface area contributed by atoms with Crippen LogP contribution in [0.2, 0.25) is 0 Å². The molecule has 18 heavy (non-hydrogen) atoms. The van der Waals surface area contributed by atoms with E-state index in [0.29, 0.717) is 12.1 Å². The number of ether oxygens (including phenoxy) is 1. The van der Waals surface area contributed by atoms with Gasteiger partial charge in [0.05, 0.1) is 11.8 Å². The molecule has 4 heteroatoms. The third-order valence-corrected chi connectivity index (χ3v) is 3.48. The van der Waals surface area contributed by atoms with Crippen LogP contribution in [-0.2, 0) is 11.3 Å². The number of nitrogens with zero attached hydrogens (tertiary/aromatic N) is 2. The number of aromatic nitrogens is 2. The second-order valence-corrected chi connectivity index (χ2v) is 6.10. The first-order valence-electron chi connectivity index (χ1n) is 6.87. The lowest BCUT2D eigenvalue weighted by Crippen LogP contribution is -2.43. The van der Waals surface area contributed by atoms with E-state index in [-0.39, 0.29) is 5.60 Å². The Morgan fingerprint density at radius 2 is 2.33 bits per heavy atom. The Hall–Kier alpha value is -0.870. The van der Waals surface area contributed by atoms with E-state index in [1.807, 2.05) is 10.9 Å². The van der Waals surface area contributed by atoms with Crippen molar-refractivity contribution in [1.29, 1.82) is 0 Å². The lowest BCUT2D eigenvalue weighted by atomic mass is 9.94. The zero-order chi connectivity index (χ0) is 13.2. The Morgan fingerprint density at radius 1 is 1.56 bits per heavy atom. The largest absolute Gasteiger partial charge is 0.375 e. The molecule has 0 aliphatic carbocycles. The van der Waals surface area contributed by atoms with Crippen molar-refractivity contribution in [2.75, 3.05) is 6.61 Å². The van der Waals surface area contributed by atoms with Crippen LogP contribution in [0.15, 0.2) is 12.4 Å². The van der Waals surface area contributed by atoms with E-state index in [9.17, 15) is 0 Å². The Morgan fingerprint density at radius 3 is 2.94 bits per heavy atom. The van der Waals surface area contributed by atoms with Crippen molar-refractivity contribution in [3.8, 4) is 0 Å². The third kappa shape index (κ3) is 3.56. The molecule has 2 heterocycles. The molecule has 102 valence electrons. The lowest BCUT2D eigenvalue weighted by molar-refractivity contribution is -0.0630. The van der Waals surface area contributed by atoms with Gasteiger partial charge in [0, 0.05) is 37.0 Å².